The van der Waals surface area contributed by atoms with Crippen molar-refractivity contribution in [2.24, 2.45) is 0 Å². The number of hydrogen-bond donors (Lipinski definition) is 1. The van der Waals surface area contributed by atoms with Gasteiger partial charge in [0.15, 0.2) is 0 Å². The Hall–Kier alpha value is -0.400. The van der Waals surface area contributed by atoms with Crippen LogP contribution in [0.15, 0.2) is 17.5 Å². The minimum atomic E-state index is 0.197. The van der Waals surface area contributed by atoms with Gasteiger partial charge in [-0.1, -0.05) is 16.1 Å². The monoisotopic (exact) mass is 338 g/mol. The lowest BCUT2D eigenvalue weighted by atomic mass is 10.1. The van der Waals surface area contributed by atoms with E-state index in [0.29, 0.717) is 19.9 Å². The van der Waals surface area contributed by atoms with Gasteiger partial charge < -0.3 is 5.11 Å². The Balaban J connectivity index is 2.64. The smallest absolute Gasteiger partial charge is 0.138 e. The van der Waals surface area contributed by atoms with Crippen LogP contribution in [0.25, 0.3) is 11.3 Å². The molecule has 0 atom stereocenters. The first-order valence-electron chi connectivity index (χ1n) is 3.64. The summed E-state index contributed by atoms with van der Waals surface area (Å²) in [7, 11) is 0. The van der Waals surface area contributed by atoms with E-state index in [1.807, 2.05) is 22.6 Å². The number of nitrogens with zero attached hydrogens (tertiary/aromatic N) is 2. The van der Waals surface area contributed by atoms with Gasteiger partial charge in [-0.05, 0) is 46.3 Å². The summed E-state index contributed by atoms with van der Waals surface area (Å²) in [5.41, 5.74) is 1.27. The zero-order valence-corrected chi connectivity index (χ0v) is 10.5. The fourth-order valence-corrected chi connectivity index (χ4v) is 2.53. The number of phenolic OH excluding ortho intramolecular Hbond substituents is 1. The van der Waals surface area contributed by atoms with E-state index in [1.165, 1.54) is 11.5 Å². The summed E-state index contributed by atoms with van der Waals surface area (Å²) in [4.78, 5) is 0. The van der Waals surface area contributed by atoms with Crippen LogP contribution in [0, 0.1) is 3.57 Å². The van der Waals surface area contributed by atoms with E-state index < -0.39 is 0 Å². The van der Waals surface area contributed by atoms with Crippen LogP contribution in [0.2, 0.25) is 5.02 Å². The summed E-state index contributed by atoms with van der Waals surface area (Å²) in [5, 5.41) is 16.0. The first-order valence-corrected chi connectivity index (χ1v) is 5.93. The van der Waals surface area contributed by atoms with Gasteiger partial charge in [0.05, 0.1) is 3.57 Å². The van der Waals surface area contributed by atoms with Crippen LogP contribution >= 0.6 is 45.7 Å². The van der Waals surface area contributed by atoms with Crippen LogP contribution in [0.1, 0.15) is 0 Å². The Labute approximate surface area is 103 Å². The highest BCUT2D eigenvalue weighted by molar-refractivity contribution is 14.1. The van der Waals surface area contributed by atoms with E-state index >= 15 is 0 Å². The Morgan fingerprint density at radius 1 is 1.43 bits per heavy atom. The number of aromatic nitrogens is 2. The van der Waals surface area contributed by atoms with Crippen molar-refractivity contribution in [2.75, 3.05) is 0 Å². The van der Waals surface area contributed by atoms with Gasteiger partial charge in [0, 0.05) is 16.0 Å². The zero-order chi connectivity index (χ0) is 10.1. The summed E-state index contributed by atoms with van der Waals surface area (Å²) in [5.74, 6) is 0.197. The molecule has 1 aromatic carbocycles. The second-order valence-corrected chi connectivity index (χ2v) is 4.78. The first-order chi connectivity index (χ1) is 6.68. The molecule has 2 rings (SSSR count). The highest BCUT2D eigenvalue weighted by Gasteiger charge is 2.11. The second-order valence-electron chi connectivity index (χ2n) is 2.57. The molecule has 0 spiro atoms. The minimum absolute atomic E-state index is 0.197. The summed E-state index contributed by atoms with van der Waals surface area (Å²) in [6.45, 7) is 0. The van der Waals surface area contributed by atoms with Crippen molar-refractivity contribution in [3.63, 3.8) is 0 Å². The van der Waals surface area contributed by atoms with Gasteiger partial charge in [-0.25, -0.2) is 0 Å². The van der Waals surface area contributed by atoms with Gasteiger partial charge in [-0.3, -0.25) is 0 Å². The van der Waals surface area contributed by atoms with E-state index in [1.54, 1.807) is 17.5 Å². The van der Waals surface area contributed by atoms with Gasteiger partial charge >= 0.3 is 0 Å². The van der Waals surface area contributed by atoms with Gasteiger partial charge in [-0.15, -0.1) is 5.10 Å². The van der Waals surface area contributed by atoms with E-state index in [2.05, 4.69) is 9.59 Å². The quantitative estimate of drug-likeness (QED) is 0.813. The third kappa shape index (κ3) is 1.84. The SMILES string of the molecule is Oc1c(I)cc(Cl)cc1-c1csnn1. The Morgan fingerprint density at radius 3 is 2.86 bits per heavy atom. The normalized spacial score (nSPS) is 10.4. The highest BCUT2D eigenvalue weighted by atomic mass is 127. The second kappa shape index (κ2) is 4.00. The number of hydrogen-bond acceptors (Lipinski definition) is 4. The van der Waals surface area contributed by atoms with E-state index in [9.17, 15) is 5.11 Å². The van der Waals surface area contributed by atoms with Gasteiger partial charge in [0.2, 0.25) is 0 Å². The van der Waals surface area contributed by atoms with Crippen molar-refractivity contribution >= 4 is 45.7 Å². The molecule has 3 nitrogen and oxygen atoms in total. The van der Waals surface area contributed by atoms with Crippen LogP contribution in [0.3, 0.4) is 0 Å². The van der Waals surface area contributed by atoms with Crippen molar-refractivity contribution < 1.29 is 5.11 Å². The maximum Gasteiger partial charge on any atom is 0.138 e. The van der Waals surface area contributed by atoms with Gasteiger partial charge in [0.1, 0.15) is 11.4 Å². The number of aromatic hydroxyl groups is 1. The Morgan fingerprint density at radius 2 is 2.21 bits per heavy atom. The summed E-state index contributed by atoms with van der Waals surface area (Å²) >= 11 is 9.14. The third-order valence-corrected chi connectivity index (χ3v) is 3.21. The maximum absolute atomic E-state index is 9.76. The third-order valence-electron chi connectivity index (χ3n) is 1.66. The fraction of sp³-hybridized carbons (Fsp3) is 0. The molecule has 0 saturated carbocycles. The lowest BCUT2D eigenvalue weighted by Gasteiger charge is -2.03. The summed E-state index contributed by atoms with van der Waals surface area (Å²) in [6.07, 6.45) is 0. The topological polar surface area (TPSA) is 46.0 Å². The van der Waals surface area contributed by atoms with E-state index in [0.717, 1.165) is 0 Å². The lowest BCUT2D eigenvalue weighted by Crippen LogP contribution is -1.83. The van der Waals surface area contributed by atoms with E-state index in [-0.39, 0.29) is 5.75 Å². The molecule has 1 heterocycles. The molecule has 0 aliphatic heterocycles. The number of benzene rings is 1. The van der Waals surface area contributed by atoms with Gasteiger partial charge in [0.25, 0.3) is 0 Å². The summed E-state index contributed by atoms with van der Waals surface area (Å²) in [6, 6.07) is 3.37. The first kappa shape index (κ1) is 10.1. The molecule has 0 radical (unpaired) electrons. The molecule has 2 aromatic rings. The number of halogens is 2. The lowest BCUT2D eigenvalue weighted by molar-refractivity contribution is 0.473. The van der Waals surface area contributed by atoms with Crippen molar-refractivity contribution in [2.45, 2.75) is 0 Å². The Kier molecular flexibility index (Phi) is 2.89. The van der Waals surface area contributed by atoms with Crippen LogP contribution in [-0.4, -0.2) is 14.7 Å². The molecule has 0 bridgehead atoms. The molecule has 0 fully saturated rings. The average molecular weight is 339 g/mol. The van der Waals surface area contributed by atoms with Crippen LogP contribution in [-0.2, 0) is 0 Å². The van der Waals surface area contributed by atoms with Crippen molar-refractivity contribution in [1.82, 2.24) is 9.59 Å². The molecule has 14 heavy (non-hydrogen) atoms. The summed E-state index contributed by atoms with van der Waals surface area (Å²) < 4.78 is 4.44. The molecule has 0 amide bonds. The molecule has 1 N–H and O–H groups in total. The van der Waals surface area contributed by atoms with Crippen LogP contribution in [0.4, 0.5) is 0 Å². The number of phenols is 1. The minimum Gasteiger partial charge on any atom is -0.506 e. The van der Waals surface area contributed by atoms with Crippen molar-refractivity contribution in [3.8, 4) is 17.0 Å². The predicted molar refractivity (Wildman–Crippen MR) is 64.7 cm³/mol. The van der Waals surface area contributed by atoms with Crippen molar-refractivity contribution in [1.29, 1.82) is 0 Å². The highest BCUT2D eigenvalue weighted by Crippen LogP contribution is 2.35. The molecule has 6 heteroatoms. The largest absolute Gasteiger partial charge is 0.506 e. The zero-order valence-electron chi connectivity index (χ0n) is 6.74. The molecule has 0 saturated heterocycles. The van der Waals surface area contributed by atoms with E-state index in [4.69, 9.17) is 11.6 Å². The predicted octanol–water partition coefficient (Wildman–Crippen LogP) is 3.17. The van der Waals surface area contributed by atoms with Crippen LogP contribution < -0.4 is 0 Å². The molecular formula is C8H4ClIN2OS. The van der Waals surface area contributed by atoms with Gasteiger partial charge in [-0.2, -0.15) is 0 Å². The van der Waals surface area contributed by atoms with Crippen LogP contribution in [0.5, 0.6) is 5.75 Å². The molecule has 1 aromatic heterocycles. The average Bonchev–Trinajstić information content (AvgIpc) is 2.63. The Bertz CT molecular complexity index is 461. The maximum atomic E-state index is 9.76. The van der Waals surface area contributed by atoms with Crippen molar-refractivity contribution in [3.05, 3.63) is 26.1 Å². The molecular weight excluding hydrogens is 335 g/mol. The standard InChI is InChI=1S/C8H4ClIN2OS/c9-4-1-5(7-3-14-12-11-7)8(13)6(10)2-4/h1-3,13H. The molecule has 0 aliphatic rings. The number of rotatable bonds is 1. The molecule has 0 unspecified atom stereocenters. The fourth-order valence-electron chi connectivity index (χ4n) is 1.04. The molecule has 0 aliphatic carbocycles. The molecule has 72 valence electrons.